The van der Waals surface area contributed by atoms with Crippen LogP contribution in [0.5, 0.6) is 0 Å². The standard InChI is InChI=1S/C33H29NO2/c35-33(36-22-31-29-19-8-6-17-27(29)28-18-7-9-20-30(28)31)34-32(24-12-2-1-3-13-24)21-25-15-10-14-23-11-4-5-16-26(23)25/h1-9,11-13,15-20,31-32H,10,14,21-22H2,(H,34,35)/t32-/m0/s1. The number of fused-ring (bicyclic) bond motifs is 4. The zero-order chi connectivity index (χ0) is 24.3. The van der Waals surface area contributed by atoms with Crippen molar-refractivity contribution in [3.8, 4) is 11.1 Å². The van der Waals surface area contributed by atoms with Gasteiger partial charge < -0.3 is 10.1 Å². The largest absolute Gasteiger partial charge is 0.449 e. The van der Waals surface area contributed by atoms with Gasteiger partial charge in [0, 0.05) is 5.92 Å². The Bertz CT molecular complexity index is 1380. The number of nitrogens with one attached hydrogen (secondary N) is 1. The minimum atomic E-state index is -0.379. The Labute approximate surface area is 212 Å². The van der Waals surface area contributed by atoms with Gasteiger partial charge in [0.05, 0.1) is 6.04 Å². The number of allylic oxidation sites excluding steroid dienone is 1. The number of aryl methyl sites for hydroxylation is 1. The maximum Gasteiger partial charge on any atom is 0.407 e. The van der Waals surface area contributed by atoms with Gasteiger partial charge in [-0.05, 0) is 63.8 Å². The highest BCUT2D eigenvalue weighted by Gasteiger charge is 2.29. The molecule has 2 aliphatic rings. The van der Waals surface area contributed by atoms with Crippen molar-refractivity contribution in [2.45, 2.75) is 31.2 Å². The molecule has 3 nitrogen and oxygen atoms in total. The molecule has 4 aromatic rings. The molecule has 0 aliphatic heterocycles. The summed E-state index contributed by atoms with van der Waals surface area (Å²) in [5.74, 6) is 0.0475. The second-order valence-electron chi connectivity index (χ2n) is 9.56. The first-order chi connectivity index (χ1) is 17.8. The van der Waals surface area contributed by atoms with Gasteiger partial charge in [0.1, 0.15) is 6.61 Å². The van der Waals surface area contributed by atoms with E-state index in [0.717, 1.165) is 24.8 Å². The quantitative estimate of drug-likeness (QED) is 0.313. The highest BCUT2D eigenvalue weighted by molar-refractivity contribution is 5.79. The van der Waals surface area contributed by atoms with Gasteiger partial charge in [-0.15, -0.1) is 0 Å². The molecule has 6 rings (SSSR count). The van der Waals surface area contributed by atoms with Crippen LogP contribution in [0.4, 0.5) is 4.79 Å². The fraction of sp³-hybridized carbons (Fsp3) is 0.182. The second kappa shape index (κ2) is 9.87. The maximum atomic E-state index is 13.1. The van der Waals surface area contributed by atoms with Crippen molar-refractivity contribution >= 4 is 11.7 Å². The maximum absolute atomic E-state index is 13.1. The Kier molecular flexibility index (Phi) is 6.13. The number of benzene rings is 4. The lowest BCUT2D eigenvalue weighted by atomic mass is 9.86. The van der Waals surface area contributed by atoms with E-state index in [1.54, 1.807) is 0 Å². The van der Waals surface area contributed by atoms with Crippen LogP contribution in [0, 0.1) is 0 Å². The first-order valence-electron chi connectivity index (χ1n) is 12.7. The smallest absolute Gasteiger partial charge is 0.407 e. The average molecular weight is 472 g/mol. The van der Waals surface area contributed by atoms with Crippen LogP contribution in [0.2, 0.25) is 0 Å². The molecule has 0 unspecified atom stereocenters. The predicted octanol–water partition coefficient (Wildman–Crippen LogP) is 7.69. The Morgan fingerprint density at radius 2 is 1.39 bits per heavy atom. The summed E-state index contributed by atoms with van der Waals surface area (Å²) >= 11 is 0. The van der Waals surface area contributed by atoms with E-state index in [2.05, 4.69) is 96.3 Å². The Morgan fingerprint density at radius 1 is 0.778 bits per heavy atom. The van der Waals surface area contributed by atoms with E-state index in [1.165, 1.54) is 39.0 Å². The van der Waals surface area contributed by atoms with E-state index in [9.17, 15) is 4.79 Å². The van der Waals surface area contributed by atoms with Crippen molar-refractivity contribution in [3.05, 3.63) is 137 Å². The summed E-state index contributed by atoms with van der Waals surface area (Å²) < 4.78 is 5.88. The summed E-state index contributed by atoms with van der Waals surface area (Å²) in [5.41, 5.74) is 9.92. The highest BCUT2D eigenvalue weighted by atomic mass is 16.5. The van der Waals surface area contributed by atoms with Crippen LogP contribution in [-0.2, 0) is 11.2 Å². The van der Waals surface area contributed by atoms with Crippen molar-refractivity contribution in [2.75, 3.05) is 6.61 Å². The third-order valence-corrected chi connectivity index (χ3v) is 7.43. The molecule has 0 saturated carbocycles. The molecule has 1 N–H and O–H groups in total. The molecule has 0 spiro atoms. The zero-order valence-electron chi connectivity index (χ0n) is 20.2. The molecule has 2 aliphatic carbocycles. The normalized spacial score (nSPS) is 14.7. The number of carbonyl (C=O) groups excluding carboxylic acids is 1. The van der Waals surface area contributed by atoms with Gasteiger partial charge in [0.25, 0.3) is 0 Å². The molecule has 0 saturated heterocycles. The molecular formula is C33H29NO2. The van der Waals surface area contributed by atoms with Gasteiger partial charge in [-0.1, -0.05) is 109 Å². The van der Waals surface area contributed by atoms with Crippen LogP contribution < -0.4 is 5.32 Å². The molecule has 0 fully saturated rings. The number of carbonyl (C=O) groups is 1. The van der Waals surface area contributed by atoms with Crippen molar-refractivity contribution in [1.82, 2.24) is 5.32 Å². The fourth-order valence-corrected chi connectivity index (χ4v) is 5.70. The fourth-order valence-electron chi connectivity index (χ4n) is 5.70. The number of hydrogen-bond acceptors (Lipinski definition) is 2. The minimum Gasteiger partial charge on any atom is -0.449 e. The molecule has 178 valence electrons. The lowest BCUT2D eigenvalue weighted by Gasteiger charge is -2.24. The summed E-state index contributed by atoms with van der Waals surface area (Å²) in [6.45, 7) is 0.312. The molecule has 36 heavy (non-hydrogen) atoms. The van der Waals surface area contributed by atoms with Gasteiger partial charge in [0.2, 0.25) is 0 Å². The number of ether oxygens (including phenoxy) is 1. The SMILES string of the molecule is O=C(N[C@@H](CC1=CCCc2ccccc21)c1ccccc1)OCC1c2ccccc2-c2ccccc21. The second-order valence-corrected chi connectivity index (χ2v) is 9.56. The van der Waals surface area contributed by atoms with E-state index < -0.39 is 0 Å². The van der Waals surface area contributed by atoms with Crippen LogP contribution in [0.25, 0.3) is 16.7 Å². The third-order valence-electron chi connectivity index (χ3n) is 7.43. The number of rotatable bonds is 6. The molecule has 4 aromatic carbocycles. The summed E-state index contributed by atoms with van der Waals surface area (Å²) in [6.07, 6.45) is 4.76. The molecule has 0 bridgehead atoms. The molecule has 3 heteroatoms. The first-order valence-corrected chi connectivity index (χ1v) is 12.7. The van der Waals surface area contributed by atoms with Crippen LogP contribution in [-0.4, -0.2) is 12.7 Å². The summed E-state index contributed by atoms with van der Waals surface area (Å²) in [6, 6.07) is 35.4. The monoisotopic (exact) mass is 471 g/mol. The first kappa shape index (κ1) is 22.4. The van der Waals surface area contributed by atoms with E-state index in [0.29, 0.717) is 6.61 Å². The Hall–Kier alpha value is -4.11. The summed E-state index contributed by atoms with van der Waals surface area (Å²) in [4.78, 5) is 13.1. The van der Waals surface area contributed by atoms with Crippen molar-refractivity contribution in [1.29, 1.82) is 0 Å². The average Bonchev–Trinajstić information content (AvgIpc) is 3.26. The van der Waals surface area contributed by atoms with Crippen molar-refractivity contribution in [2.24, 2.45) is 0 Å². The minimum absolute atomic E-state index is 0.0475. The van der Waals surface area contributed by atoms with E-state index in [-0.39, 0.29) is 18.1 Å². The molecule has 1 amide bonds. The van der Waals surface area contributed by atoms with Gasteiger partial charge in [0.15, 0.2) is 0 Å². The van der Waals surface area contributed by atoms with Gasteiger partial charge >= 0.3 is 6.09 Å². The molecule has 0 heterocycles. The lowest BCUT2D eigenvalue weighted by Crippen LogP contribution is -2.30. The Morgan fingerprint density at radius 3 is 2.11 bits per heavy atom. The number of alkyl carbamates (subject to hydrolysis) is 1. The van der Waals surface area contributed by atoms with E-state index in [1.807, 2.05) is 18.2 Å². The van der Waals surface area contributed by atoms with Crippen molar-refractivity contribution in [3.63, 3.8) is 0 Å². The van der Waals surface area contributed by atoms with E-state index in [4.69, 9.17) is 4.74 Å². The number of hydrogen-bond donors (Lipinski definition) is 1. The highest BCUT2D eigenvalue weighted by Crippen LogP contribution is 2.44. The van der Waals surface area contributed by atoms with Crippen molar-refractivity contribution < 1.29 is 9.53 Å². The van der Waals surface area contributed by atoms with E-state index >= 15 is 0 Å². The Balaban J connectivity index is 1.20. The predicted molar refractivity (Wildman–Crippen MR) is 145 cm³/mol. The van der Waals surface area contributed by atoms with Crippen LogP contribution in [0.3, 0.4) is 0 Å². The van der Waals surface area contributed by atoms with Crippen LogP contribution in [0.1, 0.15) is 52.6 Å². The molecule has 0 radical (unpaired) electrons. The summed E-state index contributed by atoms with van der Waals surface area (Å²) in [7, 11) is 0. The van der Waals surface area contributed by atoms with Crippen LogP contribution in [0.15, 0.2) is 109 Å². The molecule has 1 atom stereocenters. The summed E-state index contributed by atoms with van der Waals surface area (Å²) in [5, 5.41) is 3.18. The lowest BCUT2D eigenvalue weighted by molar-refractivity contribution is 0.139. The topological polar surface area (TPSA) is 38.3 Å². The van der Waals surface area contributed by atoms with Crippen LogP contribution >= 0.6 is 0 Å². The molecular weight excluding hydrogens is 442 g/mol. The third kappa shape index (κ3) is 4.33. The molecule has 0 aromatic heterocycles. The van der Waals surface area contributed by atoms with Gasteiger partial charge in [-0.25, -0.2) is 4.79 Å². The van der Waals surface area contributed by atoms with Gasteiger partial charge in [-0.2, -0.15) is 0 Å². The van der Waals surface area contributed by atoms with Gasteiger partial charge in [-0.3, -0.25) is 0 Å². The zero-order valence-corrected chi connectivity index (χ0v) is 20.2. The number of amides is 1.